The number of aryl methyl sites for hydroxylation is 1. The first-order valence-corrected chi connectivity index (χ1v) is 18.2. The zero-order valence-corrected chi connectivity index (χ0v) is 28.2. The average molecular weight is 647 g/mol. The van der Waals surface area contributed by atoms with Gasteiger partial charge in [0.05, 0.1) is 27.8 Å². The average Bonchev–Trinajstić information content (AvgIpc) is 3.82. The van der Waals surface area contributed by atoms with Crippen molar-refractivity contribution in [3.05, 3.63) is 157 Å². The number of aromatic nitrogens is 2. The second-order valence-corrected chi connectivity index (χ2v) is 14.2. The second-order valence-electron chi connectivity index (χ2n) is 13.2. The number of thiophene rings is 1. The first-order valence-electron chi connectivity index (χ1n) is 17.3. The minimum Gasteiger partial charge on any atom is -0.309 e. The molecule has 0 aliphatic carbocycles. The van der Waals surface area contributed by atoms with Crippen molar-refractivity contribution in [3.8, 4) is 22.5 Å². The van der Waals surface area contributed by atoms with Crippen LogP contribution < -0.4 is 0 Å². The summed E-state index contributed by atoms with van der Waals surface area (Å²) in [6.07, 6.45) is 3.60. The van der Waals surface area contributed by atoms with E-state index in [9.17, 15) is 0 Å². The Bertz CT molecular complexity index is 2850. The number of hydrogen-bond acceptors (Lipinski definition) is 1. The monoisotopic (exact) mass is 646 g/mol. The summed E-state index contributed by atoms with van der Waals surface area (Å²) in [5, 5.41) is 7.73. The summed E-state index contributed by atoms with van der Waals surface area (Å²) >= 11 is 1.87. The van der Waals surface area contributed by atoms with Crippen LogP contribution in [0.2, 0.25) is 0 Å². The molecule has 0 bridgehead atoms. The fraction of sp³-hybridized carbons (Fsp3) is 0.0870. The van der Waals surface area contributed by atoms with Crippen LogP contribution in [0, 0.1) is 0 Å². The van der Waals surface area contributed by atoms with Gasteiger partial charge in [0.15, 0.2) is 0 Å². The molecule has 0 aliphatic heterocycles. The molecule has 0 amide bonds. The molecule has 7 aromatic carbocycles. The number of nitrogens with zero attached hydrogens (tertiary/aromatic N) is 2. The molecule has 0 atom stereocenters. The maximum absolute atomic E-state index is 2.50. The van der Waals surface area contributed by atoms with Crippen molar-refractivity contribution in [2.75, 3.05) is 0 Å². The predicted octanol–water partition coefficient (Wildman–Crippen LogP) is 13.3. The molecule has 0 radical (unpaired) electrons. The highest BCUT2D eigenvalue weighted by molar-refractivity contribution is 7.25. The minimum absolute atomic E-state index is 1.15. The summed E-state index contributed by atoms with van der Waals surface area (Å²) in [7, 11) is 0. The van der Waals surface area contributed by atoms with Crippen LogP contribution in [-0.4, -0.2) is 9.13 Å². The van der Waals surface area contributed by atoms with Gasteiger partial charge in [-0.05, 0) is 78.1 Å². The lowest BCUT2D eigenvalue weighted by molar-refractivity contribution is 0.795. The van der Waals surface area contributed by atoms with Gasteiger partial charge in [-0.15, -0.1) is 11.3 Å². The maximum Gasteiger partial charge on any atom is 0.0641 e. The van der Waals surface area contributed by atoms with E-state index in [-0.39, 0.29) is 0 Å². The molecule has 49 heavy (non-hydrogen) atoms. The largest absolute Gasteiger partial charge is 0.309 e. The van der Waals surface area contributed by atoms with Crippen LogP contribution in [0.15, 0.2) is 152 Å². The van der Waals surface area contributed by atoms with Gasteiger partial charge in [-0.2, -0.15) is 0 Å². The van der Waals surface area contributed by atoms with Crippen molar-refractivity contribution >= 4 is 75.1 Å². The topological polar surface area (TPSA) is 9.86 Å². The predicted molar refractivity (Wildman–Crippen MR) is 212 cm³/mol. The van der Waals surface area contributed by atoms with Gasteiger partial charge in [0, 0.05) is 47.4 Å². The third kappa shape index (κ3) is 4.32. The van der Waals surface area contributed by atoms with E-state index in [0.717, 1.165) is 6.42 Å². The zero-order valence-electron chi connectivity index (χ0n) is 27.4. The quantitative estimate of drug-likeness (QED) is 0.170. The number of benzene rings is 7. The highest BCUT2D eigenvalue weighted by atomic mass is 32.1. The summed E-state index contributed by atoms with van der Waals surface area (Å²) in [5.41, 5.74) is 11.2. The van der Waals surface area contributed by atoms with E-state index in [1.807, 2.05) is 11.3 Å². The van der Waals surface area contributed by atoms with Crippen LogP contribution in [0.3, 0.4) is 0 Å². The lowest BCUT2D eigenvalue weighted by Crippen LogP contribution is -1.96. The molecular formula is C46H34N2S. The summed E-state index contributed by atoms with van der Waals surface area (Å²) in [6, 6.07) is 56.3. The Hall–Kier alpha value is -5.64. The van der Waals surface area contributed by atoms with Crippen molar-refractivity contribution in [1.29, 1.82) is 0 Å². The Labute approximate surface area is 289 Å². The Morgan fingerprint density at radius 2 is 1.12 bits per heavy atom. The van der Waals surface area contributed by atoms with E-state index >= 15 is 0 Å². The van der Waals surface area contributed by atoms with Crippen molar-refractivity contribution in [3.63, 3.8) is 0 Å². The van der Waals surface area contributed by atoms with Gasteiger partial charge in [-0.25, -0.2) is 0 Å². The molecule has 10 aromatic rings. The van der Waals surface area contributed by atoms with Gasteiger partial charge < -0.3 is 9.13 Å². The van der Waals surface area contributed by atoms with Gasteiger partial charge in [-0.1, -0.05) is 116 Å². The van der Waals surface area contributed by atoms with Crippen molar-refractivity contribution in [2.24, 2.45) is 0 Å². The molecule has 0 spiro atoms. The van der Waals surface area contributed by atoms with Crippen LogP contribution in [0.1, 0.15) is 25.3 Å². The van der Waals surface area contributed by atoms with Crippen molar-refractivity contribution < 1.29 is 0 Å². The molecule has 0 unspecified atom stereocenters. The zero-order chi connectivity index (χ0) is 32.5. The molecule has 0 aliphatic rings. The van der Waals surface area contributed by atoms with Crippen molar-refractivity contribution in [1.82, 2.24) is 9.13 Å². The Morgan fingerprint density at radius 3 is 1.90 bits per heavy atom. The molecule has 3 heterocycles. The lowest BCUT2D eigenvalue weighted by Gasteiger charge is -2.12. The second kappa shape index (κ2) is 11.2. The molecule has 0 saturated heterocycles. The third-order valence-electron chi connectivity index (χ3n) is 10.3. The van der Waals surface area contributed by atoms with Gasteiger partial charge >= 0.3 is 0 Å². The first kappa shape index (κ1) is 28.4. The minimum atomic E-state index is 1.15. The molecule has 234 valence electrons. The smallest absolute Gasteiger partial charge is 0.0641 e. The molecule has 3 heteroatoms. The Balaban J connectivity index is 1.24. The number of hydrogen-bond donors (Lipinski definition) is 0. The highest BCUT2D eigenvalue weighted by Crippen LogP contribution is 2.44. The SMILES string of the molecule is CCCCc1ccc(-c2ccc(-n3c4ccccc4c4ccc5c(c6ccccc6n5-c5cccc6sc7ccccc7c56)c43)cc2)cc1. The molecule has 0 N–H and O–H groups in total. The Kier molecular flexibility index (Phi) is 6.50. The van der Waals surface area contributed by atoms with E-state index < -0.39 is 0 Å². The highest BCUT2D eigenvalue weighted by Gasteiger charge is 2.22. The number of fused-ring (bicyclic) bond motifs is 10. The first-order chi connectivity index (χ1) is 24.3. The van der Waals surface area contributed by atoms with E-state index in [4.69, 9.17) is 0 Å². The third-order valence-corrected chi connectivity index (χ3v) is 11.5. The molecule has 2 nitrogen and oxygen atoms in total. The summed E-state index contributed by atoms with van der Waals surface area (Å²) in [6.45, 7) is 2.25. The fourth-order valence-electron chi connectivity index (χ4n) is 8.03. The van der Waals surface area contributed by atoms with Crippen LogP contribution >= 0.6 is 11.3 Å². The van der Waals surface area contributed by atoms with Crippen LogP contribution in [0.5, 0.6) is 0 Å². The van der Waals surface area contributed by atoms with E-state index in [2.05, 4.69) is 168 Å². The number of para-hydroxylation sites is 2. The van der Waals surface area contributed by atoms with Crippen LogP contribution in [0.4, 0.5) is 0 Å². The number of rotatable bonds is 6. The molecule has 0 saturated carbocycles. The summed E-state index contributed by atoms with van der Waals surface area (Å²) in [4.78, 5) is 0. The van der Waals surface area contributed by atoms with Gasteiger partial charge in [0.25, 0.3) is 0 Å². The normalized spacial score (nSPS) is 12.0. The van der Waals surface area contributed by atoms with E-state index in [0.29, 0.717) is 0 Å². The summed E-state index contributed by atoms with van der Waals surface area (Å²) < 4.78 is 7.63. The molecule has 10 rings (SSSR count). The van der Waals surface area contributed by atoms with Gasteiger partial charge in [0.1, 0.15) is 0 Å². The fourth-order valence-corrected chi connectivity index (χ4v) is 9.15. The van der Waals surface area contributed by atoms with E-state index in [1.54, 1.807) is 0 Å². The lowest BCUT2D eigenvalue weighted by atomic mass is 10.0. The standard InChI is InChI=1S/C46H34N2S/c1-2-3-11-30-20-22-31(23-21-30)32-24-26-33(27-25-32)47-38-15-7-4-12-34(38)35-28-29-41-45(46(35)47)36-13-5-8-16-39(36)48(41)40-17-10-19-43-44(40)37-14-6-9-18-42(37)49-43/h4-10,12-29H,2-3,11H2,1H3. The molecule has 0 fully saturated rings. The molecule has 3 aromatic heterocycles. The van der Waals surface area contributed by atoms with Crippen LogP contribution in [-0.2, 0) is 6.42 Å². The Morgan fingerprint density at radius 1 is 0.469 bits per heavy atom. The van der Waals surface area contributed by atoms with Crippen LogP contribution in [0.25, 0.3) is 86.3 Å². The van der Waals surface area contributed by atoms with Gasteiger partial charge in [-0.3, -0.25) is 0 Å². The molecular weight excluding hydrogens is 613 g/mol. The van der Waals surface area contributed by atoms with Crippen molar-refractivity contribution in [2.45, 2.75) is 26.2 Å². The van der Waals surface area contributed by atoms with E-state index in [1.165, 1.54) is 105 Å². The maximum atomic E-state index is 2.50. The number of unbranched alkanes of at least 4 members (excludes halogenated alkanes) is 1. The van der Waals surface area contributed by atoms with Gasteiger partial charge in [0.2, 0.25) is 0 Å². The summed E-state index contributed by atoms with van der Waals surface area (Å²) in [5.74, 6) is 0.